The summed E-state index contributed by atoms with van der Waals surface area (Å²) in [6.45, 7) is 0.289. The third-order valence-electron chi connectivity index (χ3n) is 3.52. The third kappa shape index (κ3) is 3.81. The molecule has 1 fully saturated rings. The molecular formula is C18H14INO3S. The maximum absolute atomic E-state index is 12.5. The quantitative estimate of drug-likeness (QED) is 0.506. The number of ether oxygens (including phenoxy) is 1. The van der Waals surface area contributed by atoms with Crippen LogP contribution in [0.4, 0.5) is 4.79 Å². The Balaban J connectivity index is 1.80. The van der Waals surface area contributed by atoms with Crippen molar-refractivity contribution in [3.63, 3.8) is 0 Å². The number of thioether (sulfide) groups is 1. The van der Waals surface area contributed by atoms with E-state index < -0.39 is 0 Å². The van der Waals surface area contributed by atoms with Crippen LogP contribution in [0, 0.1) is 3.57 Å². The molecule has 4 nitrogen and oxygen atoms in total. The summed E-state index contributed by atoms with van der Waals surface area (Å²) in [4.78, 5) is 26.4. The molecule has 0 aromatic heterocycles. The molecule has 1 heterocycles. The molecule has 0 spiro atoms. The molecule has 2 amide bonds. The molecule has 0 N–H and O–H groups in total. The van der Waals surface area contributed by atoms with Gasteiger partial charge in [-0.05, 0) is 75.8 Å². The first kappa shape index (κ1) is 17.0. The number of amides is 2. The third-order valence-corrected chi connectivity index (χ3v) is 5.15. The second-order valence-electron chi connectivity index (χ2n) is 5.17. The van der Waals surface area contributed by atoms with E-state index in [4.69, 9.17) is 4.74 Å². The fraction of sp³-hybridized carbons (Fsp3) is 0.111. The second-order valence-corrected chi connectivity index (χ2v) is 7.41. The average Bonchev–Trinajstić information content (AvgIpc) is 2.84. The van der Waals surface area contributed by atoms with Crippen LogP contribution >= 0.6 is 34.4 Å². The average molecular weight is 451 g/mol. The van der Waals surface area contributed by atoms with Crippen LogP contribution in [0.2, 0.25) is 0 Å². The van der Waals surface area contributed by atoms with Crippen molar-refractivity contribution in [2.75, 3.05) is 7.11 Å². The summed E-state index contributed by atoms with van der Waals surface area (Å²) in [5.74, 6) is 0.452. The number of rotatable bonds is 4. The lowest BCUT2D eigenvalue weighted by molar-refractivity contribution is -0.123. The molecule has 0 radical (unpaired) electrons. The fourth-order valence-electron chi connectivity index (χ4n) is 2.29. The fourth-order valence-corrected chi connectivity index (χ4v) is 3.49. The molecule has 1 saturated heterocycles. The first-order valence-electron chi connectivity index (χ1n) is 7.20. The summed E-state index contributed by atoms with van der Waals surface area (Å²) in [7, 11) is 1.59. The Kier molecular flexibility index (Phi) is 5.25. The van der Waals surface area contributed by atoms with E-state index >= 15 is 0 Å². The van der Waals surface area contributed by atoms with Gasteiger partial charge in [0.15, 0.2) is 0 Å². The van der Waals surface area contributed by atoms with E-state index in [1.54, 1.807) is 13.2 Å². The van der Waals surface area contributed by atoms with Gasteiger partial charge >= 0.3 is 0 Å². The van der Waals surface area contributed by atoms with E-state index in [1.165, 1.54) is 4.90 Å². The molecule has 0 unspecified atom stereocenters. The first-order chi connectivity index (χ1) is 11.6. The molecule has 2 aromatic rings. The van der Waals surface area contributed by atoms with E-state index in [2.05, 4.69) is 22.6 Å². The van der Waals surface area contributed by atoms with Gasteiger partial charge in [-0.25, -0.2) is 0 Å². The summed E-state index contributed by atoms with van der Waals surface area (Å²) in [6.07, 6.45) is 1.72. The molecular weight excluding hydrogens is 437 g/mol. The summed E-state index contributed by atoms with van der Waals surface area (Å²) in [5, 5.41) is -0.243. The molecule has 0 aliphatic carbocycles. The lowest BCUT2D eigenvalue weighted by atomic mass is 10.2. The largest absolute Gasteiger partial charge is 0.497 e. The van der Waals surface area contributed by atoms with Crippen molar-refractivity contribution < 1.29 is 14.3 Å². The van der Waals surface area contributed by atoms with Gasteiger partial charge in [0.25, 0.3) is 11.1 Å². The van der Waals surface area contributed by atoms with E-state index in [1.807, 2.05) is 48.5 Å². The molecule has 24 heavy (non-hydrogen) atoms. The number of benzene rings is 2. The Morgan fingerprint density at radius 1 is 1.17 bits per heavy atom. The SMILES string of the molecule is COc1cccc(/C=C2/SC(=O)N(Cc3ccc(I)cc3)C2=O)c1. The zero-order valence-corrected chi connectivity index (χ0v) is 15.8. The highest BCUT2D eigenvalue weighted by atomic mass is 127. The Bertz CT molecular complexity index is 817. The monoisotopic (exact) mass is 451 g/mol. The van der Waals surface area contributed by atoms with Crippen molar-refractivity contribution in [3.8, 4) is 5.75 Å². The molecule has 0 saturated carbocycles. The maximum Gasteiger partial charge on any atom is 0.293 e. The zero-order chi connectivity index (χ0) is 17.1. The normalized spacial score (nSPS) is 16.1. The molecule has 2 aromatic carbocycles. The number of imide groups is 1. The van der Waals surface area contributed by atoms with Crippen LogP contribution in [-0.4, -0.2) is 23.2 Å². The minimum absolute atomic E-state index is 0.243. The maximum atomic E-state index is 12.5. The van der Waals surface area contributed by atoms with Crippen molar-refractivity contribution in [1.29, 1.82) is 0 Å². The van der Waals surface area contributed by atoms with Crippen molar-refractivity contribution in [2.24, 2.45) is 0 Å². The second kappa shape index (κ2) is 7.40. The summed E-state index contributed by atoms with van der Waals surface area (Å²) in [5.41, 5.74) is 1.76. The van der Waals surface area contributed by atoms with Crippen LogP contribution in [0.1, 0.15) is 11.1 Å². The minimum Gasteiger partial charge on any atom is -0.497 e. The lowest BCUT2D eigenvalue weighted by Crippen LogP contribution is -2.27. The first-order valence-corrected chi connectivity index (χ1v) is 9.10. The number of methoxy groups -OCH3 is 1. The van der Waals surface area contributed by atoms with Crippen LogP contribution in [0.3, 0.4) is 0 Å². The van der Waals surface area contributed by atoms with Gasteiger partial charge in [-0.1, -0.05) is 24.3 Å². The topological polar surface area (TPSA) is 46.6 Å². The Hall–Kier alpha value is -1.80. The van der Waals surface area contributed by atoms with Gasteiger partial charge in [0.2, 0.25) is 0 Å². The number of carbonyl (C=O) groups is 2. The zero-order valence-electron chi connectivity index (χ0n) is 12.9. The van der Waals surface area contributed by atoms with Gasteiger partial charge in [-0.15, -0.1) is 0 Å². The predicted molar refractivity (Wildman–Crippen MR) is 104 cm³/mol. The smallest absolute Gasteiger partial charge is 0.293 e. The molecule has 3 rings (SSSR count). The highest BCUT2D eigenvalue weighted by Crippen LogP contribution is 2.33. The van der Waals surface area contributed by atoms with Gasteiger partial charge in [0, 0.05) is 3.57 Å². The van der Waals surface area contributed by atoms with Crippen molar-refractivity contribution in [2.45, 2.75) is 6.54 Å². The van der Waals surface area contributed by atoms with E-state index in [-0.39, 0.29) is 17.7 Å². The van der Waals surface area contributed by atoms with Gasteiger partial charge in [-0.2, -0.15) is 0 Å². The summed E-state index contributed by atoms with van der Waals surface area (Å²) in [6, 6.07) is 15.2. The highest BCUT2D eigenvalue weighted by molar-refractivity contribution is 14.1. The highest BCUT2D eigenvalue weighted by Gasteiger charge is 2.34. The number of halogens is 1. The molecule has 0 bridgehead atoms. The van der Waals surface area contributed by atoms with Crippen LogP contribution in [0.25, 0.3) is 6.08 Å². The molecule has 0 atom stereocenters. The molecule has 1 aliphatic heterocycles. The van der Waals surface area contributed by atoms with Gasteiger partial charge in [-0.3, -0.25) is 14.5 Å². The summed E-state index contributed by atoms with van der Waals surface area (Å²) >= 11 is 3.19. The Morgan fingerprint density at radius 3 is 2.62 bits per heavy atom. The Labute approximate surface area is 158 Å². The van der Waals surface area contributed by atoms with Crippen molar-refractivity contribution in [1.82, 2.24) is 4.90 Å². The summed E-state index contributed by atoms with van der Waals surface area (Å²) < 4.78 is 6.29. The minimum atomic E-state index is -0.258. The van der Waals surface area contributed by atoms with Crippen LogP contribution in [-0.2, 0) is 11.3 Å². The van der Waals surface area contributed by atoms with Gasteiger partial charge in [0.05, 0.1) is 18.6 Å². The number of nitrogens with zero attached hydrogens (tertiary/aromatic N) is 1. The van der Waals surface area contributed by atoms with E-state index in [0.29, 0.717) is 10.7 Å². The van der Waals surface area contributed by atoms with Crippen LogP contribution < -0.4 is 4.74 Å². The van der Waals surface area contributed by atoms with Crippen LogP contribution in [0.5, 0.6) is 5.75 Å². The van der Waals surface area contributed by atoms with Crippen LogP contribution in [0.15, 0.2) is 53.4 Å². The molecule has 6 heteroatoms. The number of hydrogen-bond donors (Lipinski definition) is 0. The molecule has 1 aliphatic rings. The van der Waals surface area contributed by atoms with Gasteiger partial charge < -0.3 is 4.74 Å². The van der Waals surface area contributed by atoms with E-state index in [9.17, 15) is 9.59 Å². The predicted octanol–water partition coefficient (Wildman–Crippen LogP) is 4.54. The Morgan fingerprint density at radius 2 is 1.92 bits per heavy atom. The standard InChI is InChI=1S/C18H14INO3S/c1-23-15-4-2-3-13(9-15)10-16-17(21)20(18(22)24-16)11-12-5-7-14(19)8-6-12/h2-10H,11H2,1H3/b16-10+. The van der Waals surface area contributed by atoms with Crippen molar-refractivity contribution >= 4 is 51.6 Å². The number of carbonyl (C=O) groups excluding carboxylic acids is 2. The van der Waals surface area contributed by atoms with Crippen molar-refractivity contribution in [3.05, 3.63) is 68.1 Å². The van der Waals surface area contributed by atoms with Gasteiger partial charge in [0.1, 0.15) is 5.75 Å². The molecule has 122 valence electrons. The van der Waals surface area contributed by atoms with E-state index in [0.717, 1.165) is 26.5 Å². The number of hydrogen-bond acceptors (Lipinski definition) is 4. The lowest BCUT2D eigenvalue weighted by Gasteiger charge is -2.12.